The lowest BCUT2D eigenvalue weighted by molar-refractivity contribution is -0.145. The van der Waals surface area contributed by atoms with Gasteiger partial charge >= 0.3 is 12.4 Å². The molecule has 6 rings (SSSR count). The average Bonchev–Trinajstić information content (AvgIpc) is 3.26. The Morgan fingerprint density at radius 1 is 0.891 bits per heavy atom. The van der Waals surface area contributed by atoms with Gasteiger partial charge in [-0.25, -0.2) is 0 Å². The van der Waals surface area contributed by atoms with Gasteiger partial charge in [-0.15, -0.1) is 0 Å². The number of halogens is 6. The topological polar surface area (TPSA) is 42.0 Å². The second kappa shape index (κ2) is 12.7. The molecule has 0 radical (unpaired) electrons. The van der Waals surface area contributed by atoms with Crippen molar-refractivity contribution < 1.29 is 40.6 Å². The lowest BCUT2D eigenvalue weighted by atomic mass is 9.78. The van der Waals surface area contributed by atoms with Crippen LogP contribution >= 0.6 is 0 Å². The van der Waals surface area contributed by atoms with Crippen molar-refractivity contribution in [2.24, 2.45) is 5.92 Å². The summed E-state index contributed by atoms with van der Waals surface area (Å²) in [5.74, 6) is -0.345. The molecule has 0 aliphatic carbocycles. The van der Waals surface area contributed by atoms with E-state index in [9.17, 15) is 31.1 Å². The van der Waals surface area contributed by atoms with Gasteiger partial charge in [0.1, 0.15) is 0 Å². The van der Waals surface area contributed by atoms with Crippen molar-refractivity contribution in [2.45, 2.75) is 68.9 Å². The number of alkyl halides is 6. The Hall–Kier alpha value is -3.41. The summed E-state index contributed by atoms with van der Waals surface area (Å²) in [6, 6.07) is 20.9. The van der Waals surface area contributed by atoms with Gasteiger partial charge in [-0.1, -0.05) is 60.7 Å². The van der Waals surface area contributed by atoms with Crippen molar-refractivity contribution in [1.29, 1.82) is 0 Å². The van der Waals surface area contributed by atoms with Crippen LogP contribution < -0.4 is 0 Å². The zero-order valence-corrected chi connectivity index (χ0v) is 25.4. The number of nitrogens with zero attached hydrogens (tertiary/aromatic N) is 2. The van der Waals surface area contributed by atoms with Crippen molar-refractivity contribution in [1.82, 2.24) is 9.80 Å². The van der Waals surface area contributed by atoms with Gasteiger partial charge in [0, 0.05) is 25.7 Å². The fourth-order valence-electron chi connectivity index (χ4n) is 7.56. The maximum atomic E-state index is 14.1. The Balaban J connectivity index is 1.42. The summed E-state index contributed by atoms with van der Waals surface area (Å²) in [5, 5.41) is 0. The molecule has 0 aromatic heterocycles. The third-order valence-corrected chi connectivity index (χ3v) is 9.72. The van der Waals surface area contributed by atoms with Gasteiger partial charge in [0.2, 0.25) is 5.91 Å². The molecule has 2 bridgehead atoms. The van der Waals surface area contributed by atoms with Crippen LogP contribution in [-0.2, 0) is 38.7 Å². The predicted molar refractivity (Wildman–Crippen MR) is 158 cm³/mol. The minimum Gasteiger partial charge on any atom is -0.378 e. The van der Waals surface area contributed by atoms with Crippen LogP contribution in [0, 0.1) is 5.92 Å². The molecule has 3 fully saturated rings. The molecule has 246 valence electrons. The third-order valence-electron chi connectivity index (χ3n) is 9.72. The first-order valence-corrected chi connectivity index (χ1v) is 15.6. The van der Waals surface area contributed by atoms with Crippen LogP contribution in [0.25, 0.3) is 0 Å². The first-order chi connectivity index (χ1) is 21.9. The van der Waals surface area contributed by atoms with Crippen LogP contribution in [0.1, 0.15) is 60.1 Å². The van der Waals surface area contributed by atoms with Gasteiger partial charge in [-0.05, 0) is 61.1 Å². The highest BCUT2D eigenvalue weighted by atomic mass is 19.4. The van der Waals surface area contributed by atoms with Gasteiger partial charge in [0.05, 0.1) is 48.0 Å². The Kier molecular flexibility index (Phi) is 8.95. The molecular weight excluding hydrogens is 610 g/mol. The van der Waals surface area contributed by atoms with E-state index < -0.39 is 41.2 Å². The molecule has 3 aromatic rings. The van der Waals surface area contributed by atoms with E-state index in [2.05, 4.69) is 4.90 Å². The number of amides is 1. The molecule has 5 atom stereocenters. The van der Waals surface area contributed by atoms with Gasteiger partial charge in [0.15, 0.2) is 0 Å². The zero-order valence-electron chi connectivity index (χ0n) is 25.4. The fraction of sp³-hybridized carbons (Fsp3) is 0.457. The molecular formula is C35H36F6N2O3. The van der Waals surface area contributed by atoms with Crippen molar-refractivity contribution in [2.75, 3.05) is 26.3 Å². The van der Waals surface area contributed by atoms with Crippen LogP contribution in [0.15, 0.2) is 78.9 Å². The number of piperidine rings is 1. The first kappa shape index (κ1) is 32.5. The molecule has 3 aliphatic rings. The standard InChI is InChI=1S/C35H36F6N2O3/c1-23(25-18-27(34(36,37)38)20-28(19-25)35(39,40)41)46-31-13-12-30-29(32(44)42-14-16-45-17-15-42)21-33(31,26-10-6-3-7-11-26)43(30)22-24-8-4-2-5-9-24/h2-11,18-20,23,29-31H,12-17,21-22H2,1H3/t23-,29+,30-,31+,33+/m0/s1. The predicted octanol–water partition coefficient (Wildman–Crippen LogP) is 7.61. The number of rotatable bonds is 7. The number of hydrogen-bond donors (Lipinski definition) is 0. The van der Waals surface area contributed by atoms with E-state index in [4.69, 9.17) is 9.47 Å². The van der Waals surface area contributed by atoms with Crippen LogP contribution in [0.3, 0.4) is 0 Å². The monoisotopic (exact) mass is 646 g/mol. The maximum absolute atomic E-state index is 14.1. The van der Waals surface area contributed by atoms with Crippen molar-refractivity contribution in [3.8, 4) is 0 Å². The molecule has 0 spiro atoms. The molecule has 3 aromatic carbocycles. The average molecular weight is 647 g/mol. The molecule has 46 heavy (non-hydrogen) atoms. The summed E-state index contributed by atoms with van der Waals surface area (Å²) in [7, 11) is 0. The molecule has 5 nitrogen and oxygen atoms in total. The number of benzene rings is 3. The molecule has 0 N–H and O–H groups in total. The molecule has 3 heterocycles. The molecule has 11 heteroatoms. The third kappa shape index (κ3) is 6.29. The summed E-state index contributed by atoms with van der Waals surface area (Å²) in [6.07, 6.45) is -10.2. The summed E-state index contributed by atoms with van der Waals surface area (Å²) < 4.78 is 94.5. The lowest BCUT2D eigenvalue weighted by Gasteiger charge is -2.50. The Morgan fingerprint density at radius 3 is 2.07 bits per heavy atom. The molecule has 3 saturated heterocycles. The number of morpholine rings is 1. The number of carbonyl (C=O) groups excluding carboxylic acids is 1. The van der Waals surface area contributed by atoms with Gasteiger partial charge < -0.3 is 14.4 Å². The molecule has 0 unspecified atom stereocenters. The Bertz CT molecular complexity index is 1480. The van der Waals surface area contributed by atoms with E-state index >= 15 is 0 Å². The zero-order chi connectivity index (χ0) is 32.7. The molecule has 0 saturated carbocycles. The first-order valence-electron chi connectivity index (χ1n) is 15.6. The summed E-state index contributed by atoms with van der Waals surface area (Å²) in [6.45, 7) is 3.89. The second-order valence-corrected chi connectivity index (χ2v) is 12.4. The van der Waals surface area contributed by atoms with Crippen molar-refractivity contribution in [3.63, 3.8) is 0 Å². The number of hydrogen-bond acceptors (Lipinski definition) is 4. The highest BCUT2D eigenvalue weighted by Gasteiger charge is 2.62. The van der Waals surface area contributed by atoms with Gasteiger partial charge in [-0.3, -0.25) is 9.69 Å². The summed E-state index contributed by atoms with van der Waals surface area (Å²) in [5.41, 5.74) is -1.91. The molecule has 1 amide bonds. The normalized spacial score (nSPS) is 26.2. The Morgan fingerprint density at radius 2 is 1.48 bits per heavy atom. The Labute approximate surface area is 264 Å². The highest BCUT2D eigenvalue weighted by Crippen LogP contribution is 2.56. The van der Waals surface area contributed by atoms with Crippen LogP contribution in [-0.4, -0.2) is 54.2 Å². The van der Waals surface area contributed by atoms with Crippen LogP contribution in [0.4, 0.5) is 26.3 Å². The maximum Gasteiger partial charge on any atom is 0.416 e. The smallest absolute Gasteiger partial charge is 0.378 e. The second-order valence-electron chi connectivity index (χ2n) is 12.4. The fourth-order valence-corrected chi connectivity index (χ4v) is 7.56. The minimum absolute atomic E-state index is 0.0329. The largest absolute Gasteiger partial charge is 0.416 e. The van der Waals surface area contributed by atoms with Gasteiger partial charge in [-0.2, -0.15) is 26.3 Å². The van der Waals surface area contributed by atoms with E-state index in [-0.39, 0.29) is 29.5 Å². The van der Waals surface area contributed by atoms with E-state index in [1.807, 2.05) is 65.6 Å². The number of fused-ring (bicyclic) bond motifs is 2. The number of ether oxygens (including phenoxy) is 2. The SMILES string of the molecule is C[C@H](O[C@@H]1CC[C@H]2[C@H](C(=O)N3CCOCC3)C[C@]1(c1ccccc1)N2Cc1ccccc1)c1cc(C(F)(F)F)cc(C(F)(F)F)c1. The lowest BCUT2D eigenvalue weighted by Crippen LogP contribution is -2.57. The van der Waals surface area contributed by atoms with E-state index in [1.165, 1.54) is 6.92 Å². The van der Waals surface area contributed by atoms with Crippen LogP contribution in [0.5, 0.6) is 0 Å². The summed E-state index contributed by atoms with van der Waals surface area (Å²) in [4.78, 5) is 18.3. The van der Waals surface area contributed by atoms with Crippen molar-refractivity contribution in [3.05, 3.63) is 107 Å². The van der Waals surface area contributed by atoms with Gasteiger partial charge in [0.25, 0.3) is 0 Å². The quantitative estimate of drug-likeness (QED) is 0.248. The highest BCUT2D eigenvalue weighted by molar-refractivity contribution is 5.80. The molecule has 3 aliphatic heterocycles. The van der Waals surface area contributed by atoms with Crippen molar-refractivity contribution >= 4 is 5.91 Å². The minimum atomic E-state index is -4.97. The van der Waals surface area contributed by atoms with E-state index in [1.54, 1.807) is 0 Å². The van der Waals surface area contributed by atoms with E-state index in [0.717, 1.165) is 23.3 Å². The van der Waals surface area contributed by atoms with E-state index in [0.29, 0.717) is 52.1 Å². The van der Waals surface area contributed by atoms with Crippen LogP contribution in [0.2, 0.25) is 0 Å². The number of carbonyl (C=O) groups is 1. The summed E-state index contributed by atoms with van der Waals surface area (Å²) >= 11 is 0.